The first-order chi connectivity index (χ1) is 47.7. The summed E-state index contributed by atoms with van der Waals surface area (Å²) in [6.45, 7) is 6.58. The van der Waals surface area contributed by atoms with Crippen LogP contribution >= 0.6 is 0 Å². The molecule has 0 radical (unpaired) electrons. The maximum atomic E-state index is 5.66. The van der Waals surface area contributed by atoms with Crippen molar-refractivity contribution in [3.63, 3.8) is 0 Å². The van der Waals surface area contributed by atoms with Gasteiger partial charge >= 0.3 is 0 Å². The van der Waals surface area contributed by atoms with Gasteiger partial charge in [0.25, 0.3) is 6.71 Å². The lowest BCUT2D eigenvalue weighted by atomic mass is 9.33. The van der Waals surface area contributed by atoms with E-state index in [9.17, 15) is 0 Å². The van der Waals surface area contributed by atoms with Gasteiger partial charge in [0.15, 0.2) is 34.9 Å². The highest BCUT2D eigenvalue weighted by atomic mass is 15.2. The van der Waals surface area contributed by atoms with Crippen molar-refractivity contribution in [3.8, 4) is 102 Å². The molecule has 2 aliphatic heterocycles. The maximum Gasteiger partial charge on any atom is 0.252 e. The quantitative estimate of drug-likeness (QED) is 0.112. The zero-order valence-electron chi connectivity index (χ0n) is 54.1. The van der Waals surface area contributed by atoms with Crippen molar-refractivity contribution in [1.29, 1.82) is 0 Å². The van der Waals surface area contributed by atoms with Crippen LogP contribution in [0.15, 0.2) is 315 Å². The van der Waals surface area contributed by atoms with E-state index in [2.05, 4.69) is 298 Å². The molecule has 3 aliphatic rings. The highest BCUT2D eigenvalue weighted by molar-refractivity contribution is 7.00. The highest BCUT2D eigenvalue weighted by Crippen LogP contribution is 2.52. The van der Waals surface area contributed by atoms with E-state index >= 15 is 0 Å². The standard InChI is InChI=1S/C88H65BN8/c1-88(2,3)70-56-77-79-78(57-70)97(72-50-46-63(47-51-72)59-30-14-5-15-31-59)81-74(87-94-84(66-40-24-10-25-41-66)91-85(95-87)67-42-26-11-27-43-67)53-69(61-34-18-7-19-35-61)55-76(81)89(79)75-54-68(60-32-16-6-17-33-60)52-73(80(75)96(77)71-48-44-62(45-49-71)58-28-12-4-13-29-58)86-92-82(64-36-20-8-21-37-64)90-83(93-86)65-38-22-9-23-39-65/h4-18,20-34,36-57H,19,35H2,1-3H3. The Morgan fingerprint density at radius 3 is 0.990 bits per heavy atom. The fourth-order valence-electron chi connectivity index (χ4n) is 14.1. The first-order valence-electron chi connectivity index (χ1n) is 33.3. The Morgan fingerprint density at radius 1 is 0.320 bits per heavy atom. The Balaban J connectivity index is 1.04. The fraction of sp³-hybridized carbons (Fsp3) is 0.0682. The first kappa shape index (κ1) is 58.6. The van der Waals surface area contributed by atoms with Gasteiger partial charge in [0.2, 0.25) is 0 Å². The molecule has 17 rings (SSSR count). The van der Waals surface area contributed by atoms with Crippen molar-refractivity contribution < 1.29 is 0 Å². The number of nitrogens with zero attached hydrogens (tertiary/aromatic N) is 8. The third-order valence-electron chi connectivity index (χ3n) is 19.0. The van der Waals surface area contributed by atoms with E-state index in [1.165, 1.54) is 16.6 Å². The molecule has 460 valence electrons. The molecular weight excluding hydrogens is 1180 g/mol. The summed E-state index contributed by atoms with van der Waals surface area (Å²) in [5.41, 5.74) is 24.6. The molecule has 0 atom stereocenters. The van der Waals surface area contributed by atoms with Gasteiger partial charge in [0.1, 0.15) is 0 Å². The minimum Gasteiger partial charge on any atom is -0.311 e. The predicted octanol–water partition coefficient (Wildman–Crippen LogP) is 20.2. The number of rotatable bonds is 12. The number of fused-ring (bicyclic) bond motifs is 4. The molecular formula is C88H65BN8. The Hall–Kier alpha value is -12.2. The molecule has 0 saturated carbocycles. The summed E-state index contributed by atoms with van der Waals surface area (Å²) in [7, 11) is 0. The van der Waals surface area contributed by atoms with E-state index in [-0.39, 0.29) is 5.41 Å². The van der Waals surface area contributed by atoms with Crippen molar-refractivity contribution in [3.05, 3.63) is 327 Å². The monoisotopic (exact) mass is 1240 g/mol. The summed E-state index contributed by atoms with van der Waals surface area (Å²) in [6.07, 6.45) is 8.55. The van der Waals surface area contributed by atoms with E-state index in [1.54, 1.807) is 0 Å². The Morgan fingerprint density at radius 2 is 0.639 bits per heavy atom. The third kappa shape index (κ3) is 11.0. The summed E-state index contributed by atoms with van der Waals surface area (Å²) < 4.78 is 0. The number of benzene rings is 12. The average Bonchev–Trinajstić information content (AvgIpc) is 0.685. The molecule has 4 heterocycles. The highest BCUT2D eigenvalue weighted by Gasteiger charge is 2.47. The van der Waals surface area contributed by atoms with Gasteiger partial charge in [0.05, 0.1) is 11.4 Å². The Bertz CT molecular complexity index is 5200. The average molecular weight is 1250 g/mol. The second-order valence-electron chi connectivity index (χ2n) is 26.1. The lowest BCUT2D eigenvalue weighted by Gasteiger charge is -2.46. The number of anilines is 6. The van der Waals surface area contributed by atoms with Crippen molar-refractivity contribution >= 4 is 62.8 Å². The molecule has 0 N–H and O–H groups in total. The van der Waals surface area contributed by atoms with Gasteiger partial charge in [-0.05, 0) is 133 Å². The molecule has 0 bridgehead atoms. The van der Waals surface area contributed by atoms with E-state index in [4.69, 9.17) is 29.9 Å². The SMILES string of the molecule is CC(C)(C)c1cc2c3c(c1)N(c1ccc(-c4ccccc4)cc1)c1c(cc(-c4ccccc4)cc1-c1nc(-c4ccccc4)nc(-c4ccccc4)n1)B3c1cc(C3=CC=CCC3)cc(-c3nc(-c4ccccc4)nc(-c4ccccc4)n3)c1N2c1ccc(-c2ccccc2)cc1. The normalized spacial score (nSPS) is 13.0. The molecule has 97 heavy (non-hydrogen) atoms. The van der Waals surface area contributed by atoms with Crippen LogP contribution in [0, 0.1) is 0 Å². The van der Waals surface area contributed by atoms with Crippen molar-refractivity contribution in [1.82, 2.24) is 29.9 Å². The van der Waals surface area contributed by atoms with Crippen LogP contribution in [0.5, 0.6) is 0 Å². The summed E-state index contributed by atoms with van der Waals surface area (Å²) in [6, 6.07) is 106. The molecule has 0 spiro atoms. The van der Waals surface area contributed by atoms with Crippen molar-refractivity contribution in [2.45, 2.75) is 39.0 Å². The lowest BCUT2D eigenvalue weighted by Crippen LogP contribution is -2.62. The van der Waals surface area contributed by atoms with Gasteiger partial charge in [-0.15, -0.1) is 0 Å². The van der Waals surface area contributed by atoms with E-state index in [0.29, 0.717) is 34.9 Å². The van der Waals surface area contributed by atoms with Crippen LogP contribution in [-0.4, -0.2) is 36.6 Å². The summed E-state index contributed by atoms with van der Waals surface area (Å²) in [4.78, 5) is 38.3. The number of hydrogen-bond donors (Lipinski definition) is 0. The van der Waals surface area contributed by atoms with Crippen LogP contribution in [0.1, 0.15) is 44.7 Å². The van der Waals surface area contributed by atoms with Crippen LogP contribution in [-0.2, 0) is 5.41 Å². The molecule has 1 aliphatic carbocycles. The van der Waals surface area contributed by atoms with Gasteiger partial charge in [-0.1, -0.05) is 288 Å². The minimum absolute atomic E-state index is 0.340. The molecule has 0 amide bonds. The second kappa shape index (κ2) is 24.6. The van der Waals surface area contributed by atoms with Crippen molar-refractivity contribution in [2.24, 2.45) is 0 Å². The van der Waals surface area contributed by atoms with Gasteiger partial charge in [0, 0.05) is 56.1 Å². The van der Waals surface area contributed by atoms with Gasteiger partial charge in [-0.3, -0.25) is 0 Å². The van der Waals surface area contributed by atoms with Crippen LogP contribution in [0.2, 0.25) is 0 Å². The van der Waals surface area contributed by atoms with Gasteiger partial charge < -0.3 is 9.80 Å². The van der Waals surface area contributed by atoms with E-state index in [1.807, 2.05) is 48.5 Å². The van der Waals surface area contributed by atoms with E-state index in [0.717, 1.165) is 130 Å². The molecule has 12 aromatic carbocycles. The molecule has 0 unspecified atom stereocenters. The Labute approximate surface area is 566 Å². The zero-order chi connectivity index (χ0) is 65.0. The fourth-order valence-corrected chi connectivity index (χ4v) is 14.1. The topological polar surface area (TPSA) is 83.8 Å². The lowest BCUT2D eigenvalue weighted by molar-refractivity contribution is 0.590. The van der Waals surface area contributed by atoms with Crippen LogP contribution in [0.25, 0.3) is 107 Å². The third-order valence-corrected chi connectivity index (χ3v) is 19.0. The van der Waals surface area contributed by atoms with Gasteiger partial charge in [-0.2, -0.15) is 0 Å². The maximum absolute atomic E-state index is 5.66. The molecule has 9 heteroatoms. The molecule has 8 nitrogen and oxygen atoms in total. The van der Waals surface area contributed by atoms with Crippen molar-refractivity contribution in [2.75, 3.05) is 9.80 Å². The number of allylic oxidation sites excluding steroid dienone is 4. The zero-order valence-corrected chi connectivity index (χ0v) is 54.1. The number of hydrogen-bond acceptors (Lipinski definition) is 8. The summed E-state index contributed by atoms with van der Waals surface area (Å²) in [5.74, 6) is 3.47. The van der Waals surface area contributed by atoms with Crippen LogP contribution in [0.4, 0.5) is 34.1 Å². The Kier molecular flexibility index (Phi) is 14.9. The van der Waals surface area contributed by atoms with Crippen LogP contribution in [0.3, 0.4) is 0 Å². The number of aromatic nitrogens is 6. The van der Waals surface area contributed by atoms with Crippen LogP contribution < -0.4 is 26.2 Å². The first-order valence-corrected chi connectivity index (χ1v) is 33.3. The van der Waals surface area contributed by atoms with Gasteiger partial charge in [-0.25, -0.2) is 29.9 Å². The molecule has 0 fully saturated rings. The summed E-state index contributed by atoms with van der Waals surface area (Å²) >= 11 is 0. The largest absolute Gasteiger partial charge is 0.311 e. The predicted molar refractivity (Wildman–Crippen MR) is 401 cm³/mol. The molecule has 0 saturated heterocycles. The molecule has 14 aromatic rings. The summed E-state index contributed by atoms with van der Waals surface area (Å²) in [5, 5.41) is 0. The smallest absolute Gasteiger partial charge is 0.252 e. The second-order valence-corrected chi connectivity index (χ2v) is 26.1. The van der Waals surface area contributed by atoms with E-state index < -0.39 is 6.71 Å². The molecule has 2 aromatic heterocycles. The minimum atomic E-state index is -0.405.